The lowest BCUT2D eigenvalue weighted by atomic mass is 9.70. The topological polar surface area (TPSA) is 27.7 Å². The third-order valence-electron chi connectivity index (χ3n) is 12.0. The van der Waals surface area contributed by atoms with Crippen LogP contribution in [0.3, 0.4) is 0 Å². The molecule has 3 aromatic carbocycles. The third-order valence-corrected chi connectivity index (χ3v) is 13.1. The standard InChI is InChI=1S/C57H93O3P/c1-37-28-46(43(52(13,14)15)31-40(37)55(22,23)34-49(4,5)6)58-61(59-47-29-38(2)41(32-44(47)53(16,17)18)56(24,25)35-50(7,8)9)60-48-30-39(3)42(33-45(48)54(19,20)21)57(26,27)36-51(10,11)12/h28-33H,34-36H2,1-27H3. The van der Waals surface area contributed by atoms with E-state index in [0.29, 0.717) is 0 Å². The van der Waals surface area contributed by atoms with Gasteiger partial charge in [-0.05, 0) is 140 Å². The maximum absolute atomic E-state index is 7.29. The summed E-state index contributed by atoms with van der Waals surface area (Å²) in [7, 11) is -2.00. The summed E-state index contributed by atoms with van der Waals surface area (Å²) in [6, 6.07) is 14.0. The number of benzene rings is 3. The Labute approximate surface area is 379 Å². The zero-order chi connectivity index (χ0) is 47.5. The van der Waals surface area contributed by atoms with Crippen LogP contribution in [0.4, 0.5) is 0 Å². The van der Waals surface area contributed by atoms with Gasteiger partial charge in [0.25, 0.3) is 0 Å². The molecular formula is C57H93O3P. The molecule has 0 atom stereocenters. The van der Waals surface area contributed by atoms with Crippen molar-refractivity contribution in [3.63, 3.8) is 0 Å². The van der Waals surface area contributed by atoms with Crippen LogP contribution < -0.4 is 13.6 Å². The molecule has 0 aliphatic carbocycles. The van der Waals surface area contributed by atoms with Gasteiger partial charge in [0.05, 0.1) is 0 Å². The average molecular weight is 857 g/mol. The molecule has 0 heterocycles. The molecule has 4 heteroatoms. The van der Waals surface area contributed by atoms with Gasteiger partial charge in [-0.2, -0.15) is 0 Å². The Morgan fingerprint density at radius 1 is 0.311 bits per heavy atom. The van der Waals surface area contributed by atoms with Crippen molar-refractivity contribution < 1.29 is 13.6 Å². The molecule has 0 saturated carbocycles. The van der Waals surface area contributed by atoms with E-state index in [4.69, 9.17) is 13.6 Å². The maximum atomic E-state index is 7.29. The first-order valence-corrected chi connectivity index (χ1v) is 24.3. The predicted octanol–water partition coefficient (Wildman–Crippen LogP) is 18.4. The van der Waals surface area contributed by atoms with E-state index in [1.807, 2.05) is 0 Å². The smallest absolute Gasteiger partial charge is 0.408 e. The SMILES string of the molecule is Cc1cc(OP(Oc2cc(C)c(C(C)(C)CC(C)(C)C)cc2C(C)(C)C)Oc2cc(C)c(C(C)(C)CC(C)(C)C)cc2C(C)(C)C)c(C(C)(C)C)cc1C(C)(C)CC(C)(C)C. The van der Waals surface area contributed by atoms with E-state index in [2.05, 4.69) is 223 Å². The molecule has 0 aliphatic rings. The summed E-state index contributed by atoms with van der Waals surface area (Å²) >= 11 is 0. The fourth-order valence-electron chi connectivity index (χ4n) is 10.8. The Balaban J connectivity index is 2.41. The van der Waals surface area contributed by atoms with Crippen molar-refractivity contribution in [3.8, 4) is 17.2 Å². The summed E-state index contributed by atoms with van der Waals surface area (Å²) in [5.41, 5.74) is 11.1. The number of hydrogen-bond acceptors (Lipinski definition) is 3. The van der Waals surface area contributed by atoms with Crippen molar-refractivity contribution in [2.24, 2.45) is 16.2 Å². The first-order chi connectivity index (χ1) is 26.9. The summed E-state index contributed by atoms with van der Waals surface area (Å²) in [6.45, 7) is 62.6. The quantitative estimate of drug-likeness (QED) is 0.170. The van der Waals surface area contributed by atoms with Crippen LogP contribution in [0.15, 0.2) is 36.4 Å². The van der Waals surface area contributed by atoms with Gasteiger partial charge < -0.3 is 13.6 Å². The Kier molecular flexibility index (Phi) is 15.1. The molecule has 0 saturated heterocycles. The van der Waals surface area contributed by atoms with Gasteiger partial charge >= 0.3 is 8.60 Å². The van der Waals surface area contributed by atoms with Gasteiger partial charge in [0.1, 0.15) is 17.2 Å². The minimum absolute atomic E-state index is 0.0259. The van der Waals surface area contributed by atoms with E-state index in [0.717, 1.165) is 53.2 Å². The lowest BCUT2D eigenvalue weighted by Crippen LogP contribution is -2.27. The van der Waals surface area contributed by atoms with E-state index in [-0.39, 0.29) is 48.7 Å². The molecular weight excluding hydrogens is 764 g/mol. The highest BCUT2D eigenvalue weighted by Gasteiger charge is 2.37. The molecule has 3 aromatic rings. The fraction of sp³-hybridized carbons (Fsp3) is 0.684. The van der Waals surface area contributed by atoms with Crippen molar-refractivity contribution >= 4 is 8.60 Å². The maximum Gasteiger partial charge on any atom is 0.530 e. The highest BCUT2D eigenvalue weighted by molar-refractivity contribution is 7.43. The van der Waals surface area contributed by atoms with Crippen molar-refractivity contribution in [1.29, 1.82) is 0 Å². The summed E-state index contributed by atoms with van der Waals surface area (Å²) in [5, 5.41) is 0. The molecule has 61 heavy (non-hydrogen) atoms. The molecule has 0 aliphatic heterocycles. The van der Waals surface area contributed by atoms with Gasteiger partial charge in [-0.3, -0.25) is 0 Å². The Hall–Kier alpha value is -2.51. The highest BCUT2D eigenvalue weighted by Crippen LogP contribution is 2.53. The number of hydrogen-bond donors (Lipinski definition) is 0. The van der Waals surface area contributed by atoms with Crippen molar-refractivity contribution in [1.82, 2.24) is 0 Å². The lowest BCUT2D eigenvalue weighted by Gasteiger charge is -2.37. The van der Waals surface area contributed by atoms with Crippen LogP contribution in [0.2, 0.25) is 0 Å². The van der Waals surface area contributed by atoms with Gasteiger partial charge in [-0.15, -0.1) is 0 Å². The minimum Gasteiger partial charge on any atom is -0.408 e. The average Bonchev–Trinajstić information content (AvgIpc) is 2.95. The Morgan fingerprint density at radius 2 is 0.508 bits per heavy atom. The van der Waals surface area contributed by atoms with E-state index in [9.17, 15) is 0 Å². The highest BCUT2D eigenvalue weighted by atomic mass is 31.2. The van der Waals surface area contributed by atoms with E-state index in [1.54, 1.807) is 0 Å². The first-order valence-electron chi connectivity index (χ1n) is 23.2. The molecule has 3 nitrogen and oxygen atoms in total. The summed E-state index contributed by atoms with van der Waals surface area (Å²) < 4.78 is 21.9. The van der Waals surface area contributed by atoms with Gasteiger partial charge in [0, 0.05) is 16.7 Å². The fourth-order valence-corrected chi connectivity index (χ4v) is 11.8. The van der Waals surface area contributed by atoms with Gasteiger partial charge in [0.2, 0.25) is 0 Å². The Morgan fingerprint density at radius 3 is 0.672 bits per heavy atom. The molecule has 0 amide bonds. The van der Waals surface area contributed by atoms with Gasteiger partial charge in [0.15, 0.2) is 0 Å². The normalized spacial score (nSPS) is 14.2. The van der Waals surface area contributed by atoms with Crippen molar-refractivity contribution in [2.45, 2.75) is 239 Å². The monoisotopic (exact) mass is 857 g/mol. The lowest BCUT2D eigenvalue weighted by molar-refractivity contribution is 0.282. The summed E-state index contributed by atoms with van der Waals surface area (Å²) in [4.78, 5) is 0. The van der Waals surface area contributed by atoms with Crippen LogP contribution in [-0.4, -0.2) is 0 Å². The molecule has 0 aromatic heterocycles. The third kappa shape index (κ3) is 14.2. The molecule has 0 unspecified atom stereocenters. The zero-order valence-electron chi connectivity index (χ0n) is 44.8. The predicted molar refractivity (Wildman–Crippen MR) is 270 cm³/mol. The minimum atomic E-state index is -2.00. The van der Waals surface area contributed by atoms with Crippen LogP contribution in [0.5, 0.6) is 17.2 Å². The first kappa shape index (κ1) is 52.8. The van der Waals surface area contributed by atoms with Gasteiger partial charge in [-0.25, -0.2) is 0 Å². The number of aryl methyl sites for hydroxylation is 3. The molecule has 0 spiro atoms. The van der Waals surface area contributed by atoms with Gasteiger partial charge in [-0.1, -0.05) is 184 Å². The van der Waals surface area contributed by atoms with Crippen LogP contribution in [0.1, 0.15) is 236 Å². The molecule has 0 radical (unpaired) electrons. The summed E-state index contributed by atoms with van der Waals surface area (Å²) in [5.74, 6) is 2.46. The van der Waals surface area contributed by atoms with Crippen LogP contribution >= 0.6 is 8.60 Å². The van der Waals surface area contributed by atoms with Crippen molar-refractivity contribution in [2.75, 3.05) is 0 Å². The van der Waals surface area contributed by atoms with Crippen molar-refractivity contribution in [3.05, 3.63) is 86.5 Å². The second-order valence-electron chi connectivity index (χ2n) is 27.6. The van der Waals surface area contributed by atoms with Crippen LogP contribution in [-0.2, 0) is 32.5 Å². The largest absolute Gasteiger partial charge is 0.530 e. The van der Waals surface area contributed by atoms with E-state index < -0.39 is 8.60 Å². The Bertz CT molecular complexity index is 1770. The number of rotatable bonds is 12. The molecule has 344 valence electrons. The second-order valence-corrected chi connectivity index (χ2v) is 28.6. The second kappa shape index (κ2) is 17.5. The molecule has 0 bridgehead atoms. The zero-order valence-corrected chi connectivity index (χ0v) is 45.7. The van der Waals surface area contributed by atoms with E-state index >= 15 is 0 Å². The molecule has 0 N–H and O–H groups in total. The van der Waals surface area contributed by atoms with Crippen LogP contribution in [0, 0.1) is 37.0 Å². The van der Waals surface area contributed by atoms with E-state index in [1.165, 1.54) is 33.4 Å². The molecule has 3 rings (SSSR count). The summed E-state index contributed by atoms with van der Waals surface area (Å²) in [6.07, 6.45) is 3.20. The molecule has 0 fully saturated rings. The van der Waals surface area contributed by atoms with Crippen LogP contribution in [0.25, 0.3) is 0 Å².